The van der Waals surface area contributed by atoms with Gasteiger partial charge in [0.05, 0.1) is 10.7 Å². The van der Waals surface area contributed by atoms with Crippen LogP contribution in [-0.2, 0) is 6.18 Å². The van der Waals surface area contributed by atoms with E-state index < -0.39 is 33.7 Å². The molecule has 0 atom stereocenters. The van der Waals surface area contributed by atoms with Crippen molar-refractivity contribution in [2.24, 2.45) is 0 Å². The Balaban J connectivity index is 2.43. The summed E-state index contributed by atoms with van der Waals surface area (Å²) in [4.78, 5) is 17.0. The average Bonchev–Trinajstić information content (AvgIpc) is 2.77. The molecule has 2 heterocycles. The second-order valence-electron chi connectivity index (χ2n) is 4.21. The number of alkyl halides is 3. The molecule has 0 saturated carbocycles. The molecule has 0 saturated heterocycles. The lowest BCUT2D eigenvalue weighted by Crippen LogP contribution is -2.09. The number of hydrogen-bond donors (Lipinski definition) is 1. The fourth-order valence-electron chi connectivity index (χ4n) is 2.00. The molecular formula is C13H6ClF3N2O2. The van der Waals surface area contributed by atoms with Gasteiger partial charge >= 0.3 is 11.9 Å². The summed E-state index contributed by atoms with van der Waals surface area (Å²) in [6.07, 6.45) is -4.76. The number of hydrogen-bond acceptors (Lipinski definition) is 3. The van der Waals surface area contributed by atoms with Gasteiger partial charge in [0.15, 0.2) is 0 Å². The van der Waals surface area contributed by atoms with E-state index in [4.69, 9.17) is 11.6 Å². The van der Waals surface area contributed by atoms with Gasteiger partial charge in [0.25, 0.3) is 0 Å². The summed E-state index contributed by atoms with van der Waals surface area (Å²) in [6, 6.07) is 8.10. The van der Waals surface area contributed by atoms with Crippen molar-refractivity contribution < 1.29 is 17.6 Å². The molecular weight excluding hydrogens is 309 g/mol. The smallest absolute Gasteiger partial charge is 0.389 e. The predicted octanol–water partition coefficient (Wildman–Crippen LogP) is 3.86. The Hall–Kier alpha value is -2.28. The molecule has 0 unspecified atom stereocenters. The molecule has 0 amide bonds. The first-order valence-electron chi connectivity index (χ1n) is 5.73. The van der Waals surface area contributed by atoms with Gasteiger partial charge in [0.2, 0.25) is 5.71 Å². The van der Waals surface area contributed by atoms with E-state index in [9.17, 15) is 18.0 Å². The van der Waals surface area contributed by atoms with Crippen LogP contribution in [0.2, 0.25) is 5.02 Å². The van der Waals surface area contributed by atoms with Gasteiger partial charge in [-0.15, -0.1) is 0 Å². The number of H-pyrrole nitrogens is 1. The Morgan fingerprint density at radius 3 is 2.48 bits per heavy atom. The van der Waals surface area contributed by atoms with E-state index in [1.54, 1.807) is 30.3 Å². The molecule has 8 heteroatoms. The van der Waals surface area contributed by atoms with Gasteiger partial charge in [-0.25, -0.2) is 9.78 Å². The van der Waals surface area contributed by atoms with E-state index in [1.807, 2.05) is 4.98 Å². The summed E-state index contributed by atoms with van der Waals surface area (Å²) in [5, 5.41) is -0.585. The number of aromatic nitrogens is 2. The van der Waals surface area contributed by atoms with Crippen LogP contribution in [0.25, 0.3) is 22.5 Å². The maximum atomic E-state index is 13.2. The standard InChI is InChI=1S/C13H6ClF3N2O2/c14-8-7(13(15,16)17)10-11(21-12(20)19-10)18-9(8)6-4-2-1-3-5-6/h1-5H,(H,19,20). The van der Waals surface area contributed by atoms with Crippen molar-refractivity contribution in [3.8, 4) is 11.3 Å². The minimum Gasteiger partial charge on any atom is -0.389 e. The van der Waals surface area contributed by atoms with E-state index in [2.05, 4.69) is 9.40 Å². The highest BCUT2D eigenvalue weighted by atomic mass is 35.5. The third-order valence-corrected chi connectivity index (χ3v) is 3.22. The number of rotatable bonds is 1. The van der Waals surface area contributed by atoms with Gasteiger partial charge in [-0.05, 0) is 0 Å². The topological polar surface area (TPSA) is 58.9 Å². The largest absolute Gasteiger partial charge is 0.420 e. The van der Waals surface area contributed by atoms with Crippen LogP contribution >= 0.6 is 11.6 Å². The second kappa shape index (κ2) is 4.63. The molecule has 21 heavy (non-hydrogen) atoms. The molecule has 0 fully saturated rings. The third-order valence-electron chi connectivity index (χ3n) is 2.85. The van der Waals surface area contributed by atoms with Crippen molar-refractivity contribution in [1.82, 2.24) is 9.97 Å². The molecule has 0 bridgehead atoms. The molecule has 0 aliphatic carbocycles. The first-order chi connectivity index (χ1) is 9.88. The van der Waals surface area contributed by atoms with Crippen LogP contribution in [-0.4, -0.2) is 9.97 Å². The lowest BCUT2D eigenvalue weighted by atomic mass is 10.1. The van der Waals surface area contributed by atoms with Crippen LogP contribution in [0, 0.1) is 0 Å². The van der Waals surface area contributed by atoms with Crippen LogP contribution in [0.5, 0.6) is 0 Å². The first-order valence-corrected chi connectivity index (χ1v) is 6.10. The number of pyridine rings is 1. The van der Waals surface area contributed by atoms with Gasteiger partial charge in [-0.3, -0.25) is 4.98 Å². The Kier molecular flexibility index (Phi) is 3.02. The first kappa shape index (κ1) is 13.7. The molecule has 0 radical (unpaired) electrons. The summed E-state index contributed by atoms with van der Waals surface area (Å²) in [7, 11) is 0. The van der Waals surface area contributed by atoms with Crippen molar-refractivity contribution in [2.75, 3.05) is 0 Å². The highest BCUT2D eigenvalue weighted by Gasteiger charge is 2.38. The number of nitrogens with one attached hydrogen (secondary N) is 1. The summed E-state index contributed by atoms with van der Waals surface area (Å²) in [6.45, 7) is 0. The molecule has 4 nitrogen and oxygen atoms in total. The summed E-state index contributed by atoms with van der Waals surface area (Å²) in [5.74, 6) is -1.02. The Labute approximate surface area is 120 Å². The number of halogens is 4. The summed E-state index contributed by atoms with van der Waals surface area (Å²) < 4.78 is 44.3. The number of aromatic amines is 1. The Morgan fingerprint density at radius 2 is 1.86 bits per heavy atom. The molecule has 1 aromatic carbocycles. The van der Waals surface area contributed by atoms with E-state index in [1.165, 1.54) is 0 Å². The van der Waals surface area contributed by atoms with Crippen LogP contribution in [0.3, 0.4) is 0 Å². The third kappa shape index (κ3) is 2.29. The summed E-state index contributed by atoms with van der Waals surface area (Å²) in [5.41, 5.74) is -1.87. The second-order valence-corrected chi connectivity index (χ2v) is 4.59. The van der Waals surface area contributed by atoms with Crippen LogP contribution in [0.15, 0.2) is 39.5 Å². The zero-order valence-corrected chi connectivity index (χ0v) is 10.9. The highest BCUT2D eigenvalue weighted by molar-refractivity contribution is 6.34. The maximum absolute atomic E-state index is 13.2. The van der Waals surface area contributed by atoms with Gasteiger partial charge in [0, 0.05) is 5.56 Å². The average molecular weight is 315 g/mol. The van der Waals surface area contributed by atoms with E-state index in [-0.39, 0.29) is 5.69 Å². The normalized spacial score (nSPS) is 12.0. The van der Waals surface area contributed by atoms with Gasteiger partial charge in [0.1, 0.15) is 11.1 Å². The van der Waals surface area contributed by atoms with E-state index >= 15 is 0 Å². The number of oxazole rings is 1. The van der Waals surface area contributed by atoms with Crippen LogP contribution in [0.1, 0.15) is 5.56 Å². The minimum absolute atomic E-state index is 0.0974. The zero-order chi connectivity index (χ0) is 15.2. The van der Waals surface area contributed by atoms with Crippen molar-refractivity contribution in [3.05, 3.63) is 51.5 Å². The quantitative estimate of drug-likeness (QED) is 0.742. The molecule has 0 spiro atoms. The van der Waals surface area contributed by atoms with Gasteiger partial charge in [-0.1, -0.05) is 41.9 Å². The van der Waals surface area contributed by atoms with Gasteiger partial charge < -0.3 is 4.42 Å². The molecule has 2 aromatic heterocycles. The molecule has 0 aliphatic rings. The maximum Gasteiger partial charge on any atom is 0.420 e. The zero-order valence-electron chi connectivity index (χ0n) is 10.2. The van der Waals surface area contributed by atoms with Gasteiger partial charge in [-0.2, -0.15) is 13.2 Å². The number of nitrogens with zero attached hydrogens (tertiary/aromatic N) is 1. The number of benzene rings is 1. The molecule has 3 aromatic rings. The molecule has 108 valence electrons. The van der Waals surface area contributed by atoms with E-state index in [0.717, 1.165) is 0 Å². The van der Waals surface area contributed by atoms with Crippen molar-refractivity contribution in [2.45, 2.75) is 6.18 Å². The fourth-order valence-corrected chi connectivity index (χ4v) is 2.35. The van der Waals surface area contributed by atoms with Crippen LogP contribution < -0.4 is 5.76 Å². The highest BCUT2D eigenvalue weighted by Crippen LogP contribution is 2.42. The lowest BCUT2D eigenvalue weighted by Gasteiger charge is -2.12. The monoisotopic (exact) mass is 314 g/mol. The Bertz CT molecular complexity index is 869. The molecule has 1 N–H and O–H groups in total. The predicted molar refractivity (Wildman–Crippen MR) is 70.1 cm³/mol. The van der Waals surface area contributed by atoms with Crippen molar-refractivity contribution in [1.29, 1.82) is 0 Å². The van der Waals surface area contributed by atoms with Crippen molar-refractivity contribution in [3.63, 3.8) is 0 Å². The molecule has 0 aliphatic heterocycles. The SMILES string of the molecule is O=c1[nH]c2c(C(F)(F)F)c(Cl)c(-c3ccccc3)nc2o1. The lowest BCUT2D eigenvalue weighted by molar-refractivity contribution is -0.136. The van der Waals surface area contributed by atoms with Crippen molar-refractivity contribution >= 4 is 22.8 Å². The van der Waals surface area contributed by atoms with Crippen LogP contribution in [0.4, 0.5) is 13.2 Å². The van der Waals surface area contributed by atoms with E-state index in [0.29, 0.717) is 5.56 Å². The summed E-state index contributed by atoms with van der Waals surface area (Å²) >= 11 is 5.87. The fraction of sp³-hybridized carbons (Fsp3) is 0.0769. The number of fused-ring (bicyclic) bond motifs is 1. The minimum atomic E-state index is -4.76. The Morgan fingerprint density at radius 1 is 1.19 bits per heavy atom. The molecule has 3 rings (SSSR count).